The van der Waals surface area contributed by atoms with Crippen molar-refractivity contribution < 1.29 is 4.79 Å². The van der Waals surface area contributed by atoms with Gasteiger partial charge >= 0.3 is 5.95 Å². The van der Waals surface area contributed by atoms with Crippen LogP contribution in [0.1, 0.15) is 61.7 Å². The number of hydrogen-bond donors (Lipinski definition) is 4. The molecule has 2 aliphatic rings. The van der Waals surface area contributed by atoms with Gasteiger partial charge in [-0.2, -0.15) is 20.2 Å². The van der Waals surface area contributed by atoms with E-state index >= 15 is 0 Å². The Balaban J connectivity index is 1.59. The van der Waals surface area contributed by atoms with Crippen LogP contribution in [-0.2, 0) is 24.2 Å². The summed E-state index contributed by atoms with van der Waals surface area (Å²) in [5.41, 5.74) is 10.1. The van der Waals surface area contributed by atoms with Gasteiger partial charge in [-0.05, 0) is 31.2 Å². The van der Waals surface area contributed by atoms with Crippen molar-refractivity contribution in [1.29, 1.82) is 0 Å². The zero-order chi connectivity index (χ0) is 22.3. The predicted molar refractivity (Wildman–Crippen MR) is 121 cm³/mol. The molecule has 1 saturated heterocycles. The van der Waals surface area contributed by atoms with Gasteiger partial charge in [0.05, 0.1) is 17.9 Å². The van der Waals surface area contributed by atoms with Gasteiger partial charge in [0.1, 0.15) is 12.4 Å². The number of H-pyrrole nitrogens is 2. The average molecular weight is 437 g/mol. The summed E-state index contributed by atoms with van der Waals surface area (Å²) in [6, 6.07) is 3.58. The van der Waals surface area contributed by atoms with Crippen LogP contribution < -0.4 is 15.5 Å². The lowest BCUT2D eigenvalue weighted by Crippen LogP contribution is -2.58. The summed E-state index contributed by atoms with van der Waals surface area (Å²) in [6.45, 7) is 5.55. The number of aromatic nitrogens is 6. The maximum absolute atomic E-state index is 12.5. The Hall–Kier alpha value is -3.27. The number of fused-ring (bicyclic) bond motifs is 1. The molecule has 5 N–H and O–H groups in total. The van der Waals surface area contributed by atoms with E-state index in [4.69, 9.17) is 15.7 Å². The standard InChI is InChI=1S/C22H29N9O/c1-13(2)17-11-19(30-29-17)26-21-15-5-3-6-16(15)25-22(27-21)31(12-14-8-9-24-28-14)10-4-7-18(31)20(23)32/h8-9,11,13,18H,3-7,10,12H2,1-2H3,(H4-,23,24,25,26,27,28,29,30,32)/p+1. The monoisotopic (exact) mass is 436 g/mol. The minimum absolute atomic E-state index is 0.311. The van der Waals surface area contributed by atoms with Gasteiger partial charge in [-0.3, -0.25) is 15.0 Å². The number of carbonyl (C=O) groups excluding carboxylic acids is 1. The van der Waals surface area contributed by atoms with Crippen molar-refractivity contribution >= 4 is 23.5 Å². The van der Waals surface area contributed by atoms with Crippen molar-refractivity contribution in [2.45, 2.75) is 64.5 Å². The number of nitrogens with zero attached hydrogens (tertiary/aromatic N) is 5. The largest absolute Gasteiger partial charge is 0.364 e. The van der Waals surface area contributed by atoms with Crippen molar-refractivity contribution in [3.05, 3.63) is 41.0 Å². The first-order valence-electron chi connectivity index (χ1n) is 11.3. The van der Waals surface area contributed by atoms with Gasteiger partial charge in [0.25, 0.3) is 5.91 Å². The van der Waals surface area contributed by atoms with Crippen LogP contribution in [-0.4, -0.2) is 48.9 Å². The maximum Gasteiger partial charge on any atom is 0.332 e. The second kappa shape index (κ2) is 8.01. The second-order valence-electron chi connectivity index (χ2n) is 9.20. The maximum atomic E-state index is 12.5. The van der Waals surface area contributed by atoms with Crippen LogP contribution in [0.2, 0.25) is 0 Å². The second-order valence-corrected chi connectivity index (χ2v) is 9.20. The fraction of sp³-hybridized carbons (Fsp3) is 0.500. The van der Waals surface area contributed by atoms with E-state index in [9.17, 15) is 4.79 Å². The summed E-state index contributed by atoms with van der Waals surface area (Å²) in [5.74, 6) is 2.20. The molecule has 5 rings (SSSR count). The molecule has 0 aromatic carbocycles. The number of anilines is 2. The van der Waals surface area contributed by atoms with Crippen molar-refractivity contribution in [3.63, 3.8) is 0 Å². The lowest BCUT2D eigenvalue weighted by molar-refractivity contribution is -0.122. The predicted octanol–water partition coefficient (Wildman–Crippen LogP) is 2.43. The first kappa shape index (κ1) is 20.6. The molecule has 2 unspecified atom stereocenters. The quantitative estimate of drug-likeness (QED) is 0.420. The van der Waals surface area contributed by atoms with E-state index in [1.54, 1.807) is 6.20 Å². The highest BCUT2D eigenvalue weighted by molar-refractivity contribution is 5.82. The molecule has 10 heteroatoms. The number of carbonyl (C=O) groups is 1. The number of rotatable bonds is 7. The van der Waals surface area contributed by atoms with E-state index in [-0.39, 0.29) is 11.9 Å². The van der Waals surface area contributed by atoms with Crippen molar-refractivity contribution in [2.24, 2.45) is 5.73 Å². The van der Waals surface area contributed by atoms with Gasteiger partial charge in [0, 0.05) is 36.4 Å². The summed E-state index contributed by atoms with van der Waals surface area (Å²) >= 11 is 0. The van der Waals surface area contributed by atoms with E-state index in [0.29, 0.717) is 22.9 Å². The minimum atomic E-state index is -0.372. The van der Waals surface area contributed by atoms with Crippen molar-refractivity contribution in [2.75, 3.05) is 11.9 Å². The van der Waals surface area contributed by atoms with Crippen LogP contribution >= 0.6 is 0 Å². The van der Waals surface area contributed by atoms with Crippen LogP contribution in [0.3, 0.4) is 0 Å². The molecule has 0 spiro atoms. The fourth-order valence-electron chi connectivity index (χ4n) is 5.07. The van der Waals surface area contributed by atoms with Crippen LogP contribution in [0.5, 0.6) is 0 Å². The van der Waals surface area contributed by atoms with Crippen LogP contribution in [0.25, 0.3) is 0 Å². The molecular formula is C22H30N9O+. The average Bonchev–Trinajstić information content (AvgIpc) is 3.55. The molecule has 32 heavy (non-hydrogen) atoms. The summed E-state index contributed by atoms with van der Waals surface area (Å²) < 4.78 is 0.317. The molecule has 1 aliphatic heterocycles. The number of nitrogens with two attached hydrogens (primary N) is 1. The van der Waals surface area contributed by atoms with Gasteiger partial charge in [-0.15, -0.1) is 0 Å². The third kappa shape index (κ3) is 3.54. The number of quaternary nitrogens is 1. The van der Waals surface area contributed by atoms with Gasteiger partial charge in [0.15, 0.2) is 11.9 Å². The summed E-state index contributed by atoms with van der Waals surface area (Å²) in [5, 5.41) is 18.1. The normalized spacial score (nSPS) is 22.4. The summed E-state index contributed by atoms with van der Waals surface area (Å²) in [7, 11) is 0. The third-order valence-corrected chi connectivity index (χ3v) is 6.76. The first-order valence-corrected chi connectivity index (χ1v) is 11.3. The van der Waals surface area contributed by atoms with E-state index < -0.39 is 0 Å². The lowest BCUT2D eigenvalue weighted by Gasteiger charge is -2.35. The van der Waals surface area contributed by atoms with Crippen molar-refractivity contribution in [1.82, 2.24) is 34.8 Å². The molecule has 10 nitrogen and oxygen atoms in total. The highest BCUT2D eigenvalue weighted by Crippen LogP contribution is 2.38. The Morgan fingerprint density at radius 1 is 1.28 bits per heavy atom. The number of primary amides is 1. The first-order chi connectivity index (χ1) is 15.5. The number of nitrogens with one attached hydrogen (secondary N) is 3. The van der Waals surface area contributed by atoms with Gasteiger partial charge in [-0.25, -0.2) is 4.48 Å². The molecule has 1 amide bonds. The summed E-state index contributed by atoms with van der Waals surface area (Å²) in [6.07, 6.45) is 6.22. The van der Waals surface area contributed by atoms with Gasteiger partial charge < -0.3 is 11.1 Å². The number of amides is 1. The van der Waals surface area contributed by atoms with Crippen molar-refractivity contribution in [3.8, 4) is 0 Å². The molecule has 3 aromatic heterocycles. The van der Waals surface area contributed by atoms with Gasteiger partial charge in [0.2, 0.25) is 0 Å². The van der Waals surface area contributed by atoms with Crippen LogP contribution in [0.15, 0.2) is 18.3 Å². The minimum Gasteiger partial charge on any atom is -0.364 e. The zero-order valence-electron chi connectivity index (χ0n) is 18.6. The molecule has 3 aromatic rings. The molecular weight excluding hydrogens is 406 g/mol. The highest BCUT2D eigenvalue weighted by atomic mass is 16.1. The lowest BCUT2D eigenvalue weighted by atomic mass is 10.1. The van der Waals surface area contributed by atoms with Gasteiger partial charge in [-0.1, -0.05) is 13.8 Å². The van der Waals surface area contributed by atoms with Crippen LogP contribution in [0, 0.1) is 0 Å². The van der Waals surface area contributed by atoms with E-state index in [2.05, 4.69) is 39.6 Å². The summed E-state index contributed by atoms with van der Waals surface area (Å²) in [4.78, 5) is 22.5. The molecule has 4 heterocycles. The molecule has 0 saturated carbocycles. The Bertz CT molecular complexity index is 1120. The topological polar surface area (TPSA) is 138 Å². The zero-order valence-corrected chi connectivity index (χ0v) is 18.6. The molecule has 2 atom stereocenters. The molecule has 1 fully saturated rings. The third-order valence-electron chi connectivity index (χ3n) is 6.76. The molecule has 0 bridgehead atoms. The SMILES string of the molecule is CC(C)c1cc(Nc2nc([N+]3(Cc4ccn[nH]4)CCCC3C(N)=O)nc3c2CCC3)n[nH]1. The van der Waals surface area contributed by atoms with E-state index in [1.807, 2.05) is 12.1 Å². The number of hydrogen-bond acceptors (Lipinski definition) is 6. The Morgan fingerprint density at radius 2 is 2.16 bits per heavy atom. The highest BCUT2D eigenvalue weighted by Gasteiger charge is 2.50. The Labute approximate surface area is 186 Å². The van der Waals surface area contributed by atoms with Crippen LogP contribution in [0.4, 0.5) is 17.6 Å². The van der Waals surface area contributed by atoms with E-state index in [0.717, 1.165) is 72.9 Å². The Kier molecular flexibility index (Phi) is 5.16. The van der Waals surface area contributed by atoms with E-state index in [1.165, 1.54) is 0 Å². The fourth-order valence-corrected chi connectivity index (χ4v) is 5.07. The molecule has 0 radical (unpaired) electrons. The number of aryl methyl sites for hydroxylation is 1. The number of likely N-dealkylation sites (tertiary alicyclic amines) is 1. The number of aromatic amines is 2. The molecule has 1 aliphatic carbocycles. The smallest absolute Gasteiger partial charge is 0.332 e. The molecule has 168 valence electrons. The Morgan fingerprint density at radius 3 is 2.88 bits per heavy atom.